The molecule has 0 spiro atoms. The van der Waals surface area contributed by atoms with Crippen molar-refractivity contribution in [2.45, 2.75) is 90.4 Å². The Labute approximate surface area is 175 Å². The molecule has 0 radical (unpaired) electrons. The first-order chi connectivity index (χ1) is 14.1. The molecule has 2 aliphatic carbocycles. The lowest BCUT2D eigenvalue weighted by atomic mass is 9.68. The number of rotatable bonds is 9. The van der Waals surface area contributed by atoms with Crippen LogP contribution in [0.15, 0.2) is 12.1 Å². The third-order valence-electron chi connectivity index (χ3n) is 7.36. The lowest BCUT2D eigenvalue weighted by Crippen LogP contribution is -2.25. The first-order valence-corrected chi connectivity index (χ1v) is 11.8. The standard InChI is InChI=1S/C25H38F2O2/c1-3-5-16-28-17-29-23-15-14-22(24(26)25(23)27)21-12-10-20(11-13-21)19-8-6-18(4-2)7-9-19/h14-15,18-21H,3-13,16-17H2,1-2H3. The molecule has 0 aliphatic heterocycles. The molecule has 0 heterocycles. The van der Waals surface area contributed by atoms with Gasteiger partial charge in [0.2, 0.25) is 5.82 Å². The lowest BCUT2D eigenvalue weighted by Gasteiger charge is -2.38. The van der Waals surface area contributed by atoms with Gasteiger partial charge in [0.15, 0.2) is 18.4 Å². The van der Waals surface area contributed by atoms with Crippen LogP contribution < -0.4 is 4.74 Å². The molecule has 4 heteroatoms. The number of hydrogen-bond donors (Lipinski definition) is 0. The molecule has 2 aliphatic rings. The van der Waals surface area contributed by atoms with Gasteiger partial charge in [0.1, 0.15) is 0 Å². The van der Waals surface area contributed by atoms with Crippen molar-refractivity contribution >= 4 is 0 Å². The van der Waals surface area contributed by atoms with Crippen LogP contribution in [0.25, 0.3) is 0 Å². The monoisotopic (exact) mass is 408 g/mol. The van der Waals surface area contributed by atoms with E-state index in [1.54, 1.807) is 12.1 Å². The first kappa shape index (κ1) is 22.5. The van der Waals surface area contributed by atoms with Gasteiger partial charge >= 0.3 is 0 Å². The highest BCUT2D eigenvalue weighted by Crippen LogP contribution is 2.45. The van der Waals surface area contributed by atoms with Gasteiger partial charge < -0.3 is 9.47 Å². The lowest BCUT2D eigenvalue weighted by molar-refractivity contribution is 0.0115. The molecule has 1 aromatic carbocycles. The molecule has 2 nitrogen and oxygen atoms in total. The zero-order valence-electron chi connectivity index (χ0n) is 18.2. The summed E-state index contributed by atoms with van der Waals surface area (Å²) < 4.78 is 39.8. The Hall–Kier alpha value is -1.16. The van der Waals surface area contributed by atoms with Crippen LogP contribution in [0, 0.1) is 29.4 Å². The van der Waals surface area contributed by atoms with Crippen molar-refractivity contribution in [3.05, 3.63) is 29.3 Å². The molecular formula is C25H38F2O2. The van der Waals surface area contributed by atoms with E-state index in [1.165, 1.54) is 32.1 Å². The van der Waals surface area contributed by atoms with Crippen LogP contribution >= 0.6 is 0 Å². The third-order valence-corrected chi connectivity index (χ3v) is 7.36. The Morgan fingerprint density at radius 1 is 0.862 bits per heavy atom. The number of unbranched alkanes of at least 4 members (excludes halogenated alkanes) is 1. The van der Waals surface area contributed by atoms with Gasteiger partial charge in [0.25, 0.3) is 0 Å². The molecule has 3 rings (SSSR count). The summed E-state index contributed by atoms with van der Waals surface area (Å²) in [4.78, 5) is 0. The van der Waals surface area contributed by atoms with E-state index in [9.17, 15) is 8.78 Å². The molecule has 164 valence electrons. The minimum Gasteiger partial charge on any atom is -0.464 e. The van der Waals surface area contributed by atoms with Crippen LogP contribution in [-0.2, 0) is 4.74 Å². The van der Waals surface area contributed by atoms with Crippen molar-refractivity contribution < 1.29 is 18.3 Å². The van der Waals surface area contributed by atoms with Gasteiger partial charge in [-0.1, -0.05) is 45.6 Å². The fourth-order valence-electron chi connectivity index (χ4n) is 5.35. The van der Waals surface area contributed by atoms with E-state index in [4.69, 9.17) is 9.47 Å². The molecule has 0 saturated heterocycles. The average Bonchev–Trinajstić information content (AvgIpc) is 2.77. The zero-order valence-corrected chi connectivity index (χ0v) is 18.2. The van der Waals surface area contributed by atoms with Crippen molar-refractivity contribution in [2.24, 2.45) is 17.8 Å². The number of halogens is 2. The topological polar surface area (TPSA) is 18.5 Å². The molecule has 0 bridgehead atoms. The molecule has 2 fully saturated rings. The predicted octanol–water partition coefficient (Wildman–Crippen LogP) is 7.61. The van der Waals surface area contributed by atoms with E-state index in [1.807, 2.05) is 0 Å². The SMILES string of the molecule is CCCCOCOc1ccc(C2CCC(C3CCC(CC)CC3)CC2)c(F)c1F. The Morgan fingerprint density at radius 3 is 2.14 bits per heavy atom. The third kappa shape index (κ3) is 5.93. The summed E-state index contributed by atoms with van der Waals surface area (Å²) in [6, 6.07) is 3.28. The van der Waals surface area contributed by atoms with Crippen molar-refractivity contribution in [1.82, 2.24) is 0 Å². The fourth-order valence-corrected chi connectivity index (χ4v) is 5.35. The van der Waals surface area contributed by atoms with Gasteiger partial charge in [0.05, 0.1) is 6.61 Å². The minimum absolute atomic E-state index is 0.0406. The van der Waals surface area contributed by atoms with E-state index < -0.39 is 11.6 Å². The summed E-state index contributed by atoms with van der Waals surface area (Å²) >= 11 is 0. The van der Waals surface area contributed by atoms with Crippen LogP contribution in [0.4, 0.5) is 8.78 Å². The molecule has 1 aromatic rings. The summed E-state index contributed by atoms with van der Waals surface area (Å²) in [5, 5.41) is 0. The van der Waals surface area contributed by atoms with Gasteiger partial charge in [0, 0.05) is 0 Å². The number of benzene rings is 1. The van der Waals surface area contributed by atoms with Crippen molar-refractivity contribution in [3.63, 3.8) is 0 Å². The molecular weight excluding hydrogens is 370 g/mol. The molecule has 0 amide bonds. The van der Waals surface area contributed by atoms with Crippen molar-refractivity contribution in [1.29, 1.82) is 0 Å². The second-order valence-corrected chi connectivity index (χ2v) is 9.11. The molecule has 0 unspecified atom stereocenters. The molecule has 0 aromatic heterocycles. The maximum atomic E-state index is 14.7. The maximum Gasteiger partial charge on any atom is 0.201 e. The Bertz CT molecular complexity index is 617. The predicted molar refractivity (Wildman–Crippen MR) is 113 cm³/mol. The molecule has 2 saturated carbocycles. The summed E-state index contributed by atoms with van der Waals surface area (Å²) in [6.07, 6.45) is 13.0. The Kier molecular flexibility index (Phi) is 8.77. The highest BCUT2D eigenvalue weighted by molar-refractivity contribution is 5.33. The smallest absolute Gasteiger partial charge is 0.201 e. The van der Waals surface area contributed by atoms with Gasteiger partial charge in [-0.05, 0) is 80.2 Å². The zero-order chi connectivity index (χ0) is 20.6. The van der Waals surface area contributed by atoms with Crippen LogP contribution in [-0.4, -0.2) is 13.4 Å². The van der Waals surface area contributed by atoms with Crippen molar-refractivity contribution in [2.75, 3.05) is 13.4 Å². The quantitative estimate of drug-likeness (QED) is 0.309. The van der Waals surface area contributed by atoms with Gasteiger partial charge in [-0.2, -0.15) is 4.39 Å². The number of hydrogen-bond acceptors (Lipinski definition) is 2. The summed E-state index contributed by atoms with van der Waals surface area (Å²) in [5.74, 6) is 1.03. The molecule has 0 atom stereocenters. The normalized spacial score (nSPS) is 27.7. The van der Waals surface area contributed by atoms with Crippen LogP contribution in [0.1, 0.15) is 96.0 Å². The van der Waals surface area contributed by atoms with E-state index in [2.05, 4.69) is 13.8 Å². The Morgan fingerprint density at radius 2 is 1.52 bits per heavy atom. The summed E-state index contributed by atoms with van der Waals surface area (Å²) in [5.41, 5.74) is 0.523. The second kappa shape index (κ2) is 11.3. The summed E-state index contributed by atoms with van der Waals surface area (Å²) in [7, 11) is 0. The summed E-state index contributed by atoms with van der Waals surface area (Å²) in [6.45, 7) is 4.91. The van der Waals surface area contributed by atoms with E-state index in [0.717, 1.165) is 56.3 Å². The maximum absolute atomic E-state index is 14.7. The van der Waals surface area contributed by atoms with E-state index in [-0.39, 0.29) is 18.5 Å². The molecule has 0 N–H and O–H groups in total. The van der Waals surface area contributed by atoms with Crippen LogP contribution in [0.3, 0.4) is 0 Å². The van der Waals surface area contributed by atoms with Gasteiger partial charge in [-0.3, -0.25) is 0 Å². The largest absolute Gasteiger partial charge is 0.464 e. The van der Waals surface area contributed by atoms with Crippen molar-refractivity contribution in [3.8, 4) is 5.75 Å². The first-order valence-electron chi connectivity index (χ1n) is 11.8. The van der Waals surface area contributed by atoms with Crippen LogP contribution in [0.5, 0.6) is 5.75 Å². The minimum atomic E-state index is -0.874. The Balaban J connectivity index is 1.50. The van der Waals surface area contributed by atoms with Crippen LogP contribution in [0.2, 0.25) is 0 Å². The highest BCUT2D eigenvalue weighted by Gasteiger charge is 2.32. The van der Waals surface area contributed by atoms with Gasteiger partial charge in [-0.15, -0.1) is 0 Å². The average molecular weight is 409 g/mol. The fraction of sp³-hybridized carbons (Fsp3) is 0.760. The van der Waals surface area contributed by atoms with E-state index in [0.29, 0.717) is 12.2 Å². The second-order valence-electron chi connectivity index (χ2n) is 9.11. The molecule has 29 heavy (non-hydrogen) atoms. The highest BCUT2D eigenvalue weighted by atomic mass is 19.2. The van der Waals surface area contributed by atoms with Gasteiger partial charge in [-0.25, -0.2) is 4.39 Å². The number of ether oxygens (including phenoxy) is 2. The van der Waals surface area contributed by atoms with E-state index >= 15 is 0 Å².